The van der Waals surface area contributed by atoms with E-state index in [-0.39, 0.29) is 54.6 Å². The van der Waals surface area contributed by atoms with Crippen LogP contribution in [0, 0.1) is 0 Å². The molecule has 1 N–H and O–H groups in total. The van der Waals surface area contributed by atoms with Gasteiger partial charge in [-0.05, 0) is 35.9 Å². The van der Waals surface area contributed by atoms with Crippen LogP contribution < -0.4 is 10.1 Å². The lowest BCUT2D eigenvalue weighted by molar-refractivity contribution is -0.137. The smallest absolute Gasteiger partial charge is 0.416 e. The summed E-state index contributed by atoms with van der Waals surface area (Å²) in [5, 5.41) is 2.51. The van der Waals surface area contributed by atoms with E-state index in [2.05, 4.69) is 5.32 Å². The van der Waals surface area contributed by atoms with Gasteiger partial charge >= 0.3 is 6.18 Å². The third-order valence-corrected chi connectivity index (χ3v) is 6.63. The SMILES string of the molecule is COc1ccc(S(=O)(=O)N2CCOCC2)cc1C(=O)NCc1cccc(C(F)(F)F)c1. The monoisotopic (exact) mass is 458 g/mol. The summed E-state index contributed by atoms with van der Waals surface area (Å²) >= 11 is 0. The lowest BCUT2D eigenvalue weighted by atomic mass is 10.1. The van der Waals surface area contributed by atoms with Gasteiger partial charge in [-0.15, -0.1) is 0 Å². The number of benzene rings is 2. The largest absolute Gasteiger partial charge is 0.496 e. The van der Waals surface area contributed by atoms with Gasteiger partial charge in [0, 0.05) is 19.6 Å². The lowest BCUT2D eigenvalue weighted by Gasteiger charge is -2.26. The highest BCUT2D eigenvalue weighted by Crippen LogP contribution is 2.30. The van der Waals surface area contributed by atoms with Crippen LogP contribution in [0.3, 0.4) is 0 Å². The Morgan fingerprint density at radius 2 is 1.87 bits per heavy atom. The van der Waals surface area contributed by atoms with Crippen LogP contribution in [0.25, 0.3) is 0 Å². The Labute approximate surface area is 177 Å². The summed E-state index contributed by atoms with van der Waals surface area (Å²) in [5.74, 6) is -0.532. The molecule has 7 nitrogen and oxygen atoms in total. The van der Waals surface area contributed by atoms with Gasteiger partial charge in [-0.1, -0.05) is 12.1 Å². The Bertz CT molecular complexity index is 1050. The molecule has 0 saturated carbocycles. The van der Waals surface area contributed by atoms with Gasteiger partial charge in [0.05, 0.1) is 36.3 Å². The molecule has 3 rings (SSSR count). The summed E-state index contributed by atoms with van der Waals surface area (Å²) in [4.78, 5) is 12.6. The number of ether oxygens (including phenoxy) is 2. The average Bonchev–Trinajstić information content (AvgIpc) is 2.77. The van der Waals surface area contributed by atoms with Crippen molar-refractivity contribution in [3.63, 3.8) is 0 Å². The molecule has 1 heterocycles. The molecule has 0 aromatic heterocycles. The predicted octanol–water partition coefficient (Wildman–Crippen LogP) is 2.66. The second kappa shape index (κ2) is 9.25. The molecular weight excluding hydrogens is 437 g/mol. The third kappa shape index (κ3) is 5.35. The number of carbonyl (C=O) groups is 1. The molecule has 1 aliphatic rings. The number of nitrogens with zero attached hydrogens (tertiary/aromatic N) is 1. The van der Waals surface area contributed by atoms with Crippen LogP contribution in [-0.4, -0.2) is 52.0 Å². The van der Waals surface area contributed by atoms with Crippen LogP contribution in [0.5, 0.6) is 5.75 Å². The molecular formula is C20H21F3N2O5S. The number of amides is 1. The highest BCUT2D eigenvalue weighted by Gasteiger charge is 2.30. The first-order chi connectivity index (χ1) is 14.6. The van der Waals surface area contributed by atoms with Gasteiger partial charge in [-0.25, -0.2) is 8.42 Å². The molecule has 0 atom stereocenters. The second-order valence-electron chi connectivity index (χ2n) is 6.76. The van der Waals surface area contributed by atoms with Crippen LogP contribution in [-0.2, 0) is 27.5 Å². The molecule has 0 aliphatic carbocycles. The minimum absolute atomic E-state index is 0.0381. The first-order valence-electron chi connectivity index (χ1n) is 9.33. The number of sulfonamides is 1. The topological polar surface area (TPSA) is 84.9 Å². The number of hydrogen-bond donors (Lipinski definition) is 1. The Balaban J connectivity index is 1.81. The maximum atomic E-state index is 12.9. The lowest BCUT2D eigenvalue weighted by Crippen LogP contribution is -2.40. The normalized spacial score (nSPS) is 15.5. The molecule has 1 aliphatic heterocycles. The van der Waals surface area contributed by atoms with Crippen molar-refractivity contribution in [2.24, 2.45) is 0 Å². The van der Waals surface area contributed by atoms with Crippen molar-refractivity contribution in [2.75, 3.05) is 33.4 Å². The van der Waals surface area contributed by atoms with Crippen LogP contribution in [0.2, 0.25) is 0 Å². The molecule has 2 aromatic carbocycles. The number of morpholine rings is 1. The molecule has 1 fully saturated rings. The van der Waals surface area contributed by atoms with Crippen molar-refractivity contribution in [1.82, 2.24) is 9.62 Å². The van der Waals surface area contributed by atoms with Crippen LogP contribution in [0.15, 0.2) is 47.4 Å². The number of nitrogens with one attached hydrogen (secondary N) is 1. The fourth-order valence-corrected chi connectivity index (χ4v) is 4.53. The Kier molecular flexibility index (Phi) is 6.87. The summed E-state index contributed by atoms with van der Waals surface area (Å²) in [6, 6.07) is 8.49. The standard InChI is InChI=1S/C20H21F3N2O5S/c1-29-18-6-5-16(31(27,28)25-7-9-30-10-8-25)12-17(18)19(26)24-13-14-3-2-4-15(11-14)20(21,22)23/h2-6,11-12H,7-10,13H2,1H3,(H,24,26). The van der Waals surface area contributed by atoms with Gasteiger partial charge in [0.2, 0.25) is 10.0 Å². The number of methoxy groups -OCH3 is 1. The Morgan fingerprint density at radius 1 is 1.16 bits per heavy atom. The zero-order valence-electron chi connectivity index (χ0n) is 16.6. The van der Waals surface area contributed by atoms with E-state index in [0.717, 1.165) is 12.1 Å². The molecule has 1 saturated heterocycles. The van der Waals surface area contributed by atoms with Gasteiger partial charge in [-0.2, -0.15) is 17.5 Å². The van der Waals surface area contributed by atoms with Crippen molar-refractivity contribution in [1.29, 1.82) is 0 Å². The number of carbonyl (C=O) groups excluding carboxylic acids is 1. The summed E-state index contributed by atoms with van der Waals surface area (Å²) in [6.45, 7) is 0.780. The van der Waals surface area contributed by atoms with Crippen molar-refractivity contribution in [2.45, 2.75) is 17.6 Å². The minimum Gasteiger partial charge on any atom is -0.496 e. The maximum Gasteiger partial charge on any atom is 0.416 e. The van der Waals surface area contributed by atoms with E-state index >= 15 is 0 Å². The molecule has 168 valence electrons. The molecule has 0 spiro atoms. The van der Waals surface area contributed by atoms with Crippen LogP contribution in [0.1, 0.15) is 21.5 Å². The number of alkyl halides is 3. The van der Waals surface area contributed by atoms with E-state index in [4.69, 9.17) is 9.47 Å². The van der Waals surface area contributed by atoms with Crippen molar-refractivity contribution < 1.29 is 35.9 Å². The highest BCUT2D eigenvalue weighted by molar-refractivity contribution is 7.89. The zero-order chi connectivity index (χ0) is 22.6. The van der Waals surface area contributed by atoms with Crippen LogP contribution in [0.4, 0.5) is 13.2 Å². The van der Waals surface area contributed by atoms with E-state index < -0.39 is 27.7 Å². The quantitative estimate of drug-likeness (QED) is 0.720. The van der Waals surface area contributed by atoms with E-state index in [0.29, 0.717) is 0 Å². The van der Waals surface area contributed by atoms with E-state index in [1.165, 1.54) is 41.7 Å². The number of hydrogen-bond acceptors (Lipinski definition) is 5. The first kappa shape index (κ1) is 23.0. The molecule has 0 unspecified atom stereocenters. The van der Waals surface area contributed by atoms with Gasteiger partial charge in [0.15, 0.2) is 0 Å². The summed E-state index contributed by atoms with van der Waals surface area (Å²) in [6.07, 6.45) is -4.49. The fraction of sp³-hybridized carbons (Fsp3) is 0.350. The third-order valence-electron chi connectivity index (χ3n) is 4.73. The highest BCUT2D eigenvalue weighted by atomic mass is 32.2. The second-order valence-corrected chi connectivity index (χ2v) is 8.70. The van der Waals surface area contributed by atoms with Crippen molar-refractivity contribution in [3.8, 4) is 5.75 Å². The number of rotatable bonds is 6. The summed E-state index contributed by atoms with van der Waals surface area (Å²) in [7, 11) is -2.51. The summed E-state index contributed by atoms with van der Waals surface area (Å²) in [5.41, 5.74) is -0.613. The Morgan fingerprint density at radius 3 is 2.52 bits per heavy atom. The zero-order valence-corrected chi connectivity index (χ0v) is 17.4. The first-order valence-corrected chi connectivity index (χ1v) is 10.8. The fourth-order valence-electron chi connectivity index (χ4n) is 3.10. The molecule has 1 amide bonds. The molecule has 11 heteroatoms. The minimum atomic E-state index is -4.49. The summed E-state index contributed by atoms with van der Waals surface area (Å²) < 4.78 is 75.9. The van der Waals surface area contributed by atoms with Gasteiger partial charge in [0.25, 0.3) is 5.91 Å². The van der Waals surface area contributed by atoms with Gasteiger partial charge < -0.3 is 14.8 Å². The molecule has 2 aromatic rings. The average molecular weight is 458 g/mol. The predicted molar refractivity (Wildman–Crippen MR) is 105 cm³/mol. The van der Waals surface area contributed by atoms with E-state index in [1.807, 2.05) is 0 Å². The van der Waals surface area contributed by atoms with Gasteiger partial charge in [0.1, 0.15) is 5.75 Å². The van der Waals surface area contributed by atoms with E-state index in [1.54, 1.807) is 0 Å². The molecule has 0 bridgehead atoms. The van der Waals surface area contributed by atoms with Gasteiger partial charge in [-0.3, -0.25) is 4.79 Å². The van der Waals surface area contributed by atoms with E-state index in [9.17, 15) is 26.4 Å². The maximum absolute atomic E-state index is 12.9. The van der Waals surface area contributed by atoms with Crippen molar-refractivity contribution in [3.05, 3.63) is 59.2 Å². The van der Waals surface area contributed by atoms with Crippen molar-refractivity contribution >= 4 is 15.9 Å². The molecule has 31 heavy (non-hydrogen) atoms. The Hall–Kier alpha value is -2.63. The molecule has 0 radical (unpaired) electrons. The number of halogens is 3. The van der Waals surface area contributed by atoms with Crippen LogP contribution >= 0.6 is 0 Å².